The zero-order chi connectivity index (χ0) is 15.2. The van der Waals surface area contributed by atoms with Gasteiger partial charge in [0.25, 0.3) is 5.56 Å². The highest BCUT2D eigenvalue weighted by atomic mass is 32.1. The minimum atomic E-state index is -0.421. The molecule has 0 bridgehead atoms. The van der Waals surface area contributed by atoms with E-state index in [0.29, 0.717) is 30.1 Å². The van der Waals surface area contributed by atoms with Crippen LogP contribution in [0, 0.1) is 0 Å². The lowest BCUT2D eigenvalue weighted by atomic mass is 9.77. The van der Waals surface area contributed by atoms with E-state index in [9.17, 15) is 4.79 Å². The highest BCUT2D eigenvalue weighted by Gasteiger charge is 2.38. The number of nitrogens with two attached hydrogens (primary N) is 1. The van der Waals surface area contributed by atoms with Crippen molar-refractivity contribution in [3.8, 4) is 0 Å². The average molecular weight is 317 g/mol. The molecule has 8 heteroatoms. The minimum absolute atomic E-state index is 0.0414. The zero-order valence-corrected chi connectivity index (χ0v) is 12.7. The summed E-state index contributed by atoms with van der Waals surface area (Å²) in [7, 11) is 0. The molecule has 114 valence electrons. The van der Waals surface area contributed by atoms with E-state index in [1.807, 2.05) is 5.38 Å². The van der Waals surface area contributed by atoms with Gasteiger partial charge < -0.3 is 10.3 Å². The highest BCUT2D eigenvalue weighted by molar-refractivity contribution is 7.16. The van der Waals surface area contributed by atoms with Gasteiger partial charge in [-0.3, -0.25) is 9.36 Å². The largest absolute Gasteiger partial charge is 0.339 e. The van der Waals surface area contributed by atoms with Crippen molar-refractivity contribution in [3.63, 3.8) is 0 Å². The normalized spacial score (nSPS) is 16.8. The molecular weight excluding hydrogens is 302 g/mol. The van der Waals surface area contributed by atoms with Gasteiger partial charge in [0.2, 0.25) is 5.89 Å². The summed E-state index contributed by atoms with van der Waals surface area (Å²) >= 11 is 1.46. The molecular formula is C14H15N5O2S. The molecule has 1 fully saturated rings. The van der Waals surface area contributed by atoms with Gasteiger partial charge in [-0.15, -0.1) is 11.3 Å². The van der Waals surface area contributed by atoms with E-state index >= 15 is 0 Å². The van der Waals surface area contributed by atoms with E-state index in [2.05, 4.69) is 15.1 Å². The molecule has 1 aliphatic rings. The first-order chi connectivity index (χ1) is 10.7. The molecule has 3 aromatic rings. The fraction of sp³-hybridized carbons (Fsp3) is 0.429. The molecule has 0 unspecified atom stereocenters. The minimum Gasteiger partial charge on any atom is -0.339 e. The Kier molecular flexibility index (Phi) is 3.08. The summed E-state index contributed by atoms with van der Waals surface area (Å²) in [5, 5.41) is 6.49. The zero-order valence-electron chi connectivity index (χ0n) is 11.9. The van der Waals surface area contributed by atoms with Crippen LogP contribution in [-0.2, 0) is 18.5 Å². The first-order valence-corrected chi connectivity index (χ1v) is 8.08. The van der Waals surface area contributed by atoms with Gasteiger partial charge >= 0.3 is 0 Å². The smallest absolute Gasteiger partial charge is 0.262 e. The highest BCUT2D eigenvalue weighted by Crippen LogP contribution is 2.36. The Hall–Kier alpha value is -2.06. The number of aromatic nitrogens is 4. The second-order valence-corrected chi connectivity index (χ2v) is 6.55. The summed E-state index contributed by atoms with van der Waals surface area (Å²) in [6.45, 7) is 0.455. The van der Waals surface area contributed by atoms with Gasteiger partial charge in [-0.1, -0.05) is 5.16 Å². The molecule has 0 radical (unpaired) electrons. The maximum atomic E-state index is 12.3. The fourth-order valence-electron chi connectivity index (χ4n) is 2.61. The van der Waals surface area contributed by atoms with E-state index in [1.165, 1.54) is 11.3 Å². The molecule has 0 spiro atoms. The molecule has 7 nitrogen and oxygen atoms in total. The van der Waals surface area contributed by atoms with Crippen LogP contribution in [0.15, 0.2) is 27.1 Å². The van der Waals surface area contributed by atoms with E-state index in [4.69, 9.17) is 10.3 Å². The van der Waals surface area contributed by atoms with Crippen molar-refractivity contribution in [1.82, 2.24) is 19.7 Å². The van der Waals surface area contributed by atoms with E-state index in [0.717, 1.165) is 24.1 Å². The van der Waals surface area contributed by atoms with Gasteiger partial charge in [-0.05, 0) is 30.7 Å². The van der Waals surface area contributed by atoms with Crippen LogP contribution in [0.1, 0.15) is 31.0 Å². The predicted molar refractivity (Wildman–Crippen MR) is 81.6 cm³/mol. The van der Waals surface area contributed by atoms with Gasteiger partial charge in [0.1, 0.15) is 4.83 Å². The summed E-state index contributed by atoms with van der Waals surface area (Å²) < 4.78 is 6.82. The maximum absolute atomic E-state index is 12.3. The van der Waals surface area contributed by atoms with Crippen molar-refractivity contribution in [1.29, 1.82) is 0 Å². The molecule has 0 aliphatic heterocycles. The second-order valence-electron chi connectivity index (χ2n) is 5.65. The Bertz CT molecular complexity index is 877. The lowest BCUT2D eigenvalue weighted by molar-refractivity contribution is 0.229. The van der Waals surface area contributed by atoms with Gasteiger partial charge in [-0.2, -0.15) is 4.98 Å². The maximum Gasteiger partial charge on any atom is 0.262 e. The quantitative estimate of drug-likeness (QED) is 0.781. The van der Waals surface area contributed by atoms with Crippen LogP contribution in [0.25, 0.3) is 10.2 Å². The van der Waals surface area contributed by atoms with Crippen molar-refractivity contribution in [2.45, 2.75) is 37.8 Å². The summed E-state index contributed by atoms with van der Waals surface area (Å²) in [6, 6.07) is 1.80. The molecule has 4 rings (SSSR count). The van der Waals surface area contributed by atoms with Gasteiger partial charge in [0.15, 0.2) is 5.82 Å². The Morgan fingerprint density at radius 2 is 2.32 bits per heavy atom. The number of hydrogen-bond donors (Lipinski definition) is 1. The van der Waals surface area contributed by atoms with Crippen LogP contribution in [-0.4, -0.2) is 19.7 Å². The molecule has 0 atom stereocenters. The van der Waals surface area contributed by atoms with Crippen LogP contribution in [0.3, 0.4) is 0 Å². The van der Waals surface area contributed by atoms with E-state index in [1.54, 1.807) is 17.0 Å². The first-order valence-electron chi connectivity index (χ1n) is 7.20. The van der Waals surface area contributed by atoms with Gasteiger partial charge in [0, 0.05) is 13.0 Å². The summed E-state index contributed by atoms with van der Waals surface area (Å²) in [6.07, 6.45) is 4.94. The molecule has 0 saturated heterocycles. The van der Waals surface area contributed by atoms with Crippen LogP contribution in [0.5, 0.6) is 0 Å². The van der Waals surface area contributed by atoms with Crippen molar-refractivity contribution in [2.75, 3.05) is 0 Å². The molecule has 3 aromatic heterocycles. The molecule has 22 heavy (non-hydrogen) atoms. The first kappa shape index (κ1) is 13.6. The van der Waals surface area contributed by atoms with Crippen molar-refractivity contribution in [2.24, 2.45) is 5.73 Å². The Morgan fingerprint density at radius 1 is 1.45 bits per heavy atom. The number of hydrogen-bond acceptors (Lipinski definition) is 7. The molecule has 2 N–H and O–H groups in total. The topological polar surface area (TPSA) is 99.8 Å². The molecule has 0 aromatic carbocycles. The van der Waals surface area contributed by atoms with Crippen LogP contribution >= 0.6 is 11.3 Å². The molecule has 3 heterocycles. The van der Waals surface area contributed by atoms with Crippen LogP contribution < -0.4 is 11.3 Å². The molecule has 1 saturated carbocycles. The fourth-order valence-corrected chi connectivity index (χ4v) is 3.33. The summed E-state index contributed by atoms with van der Waals surface area (Å²) in [4.78, 5) is 21.7. The Labute approximate surface area is 129 Å². The monoisotopic (exact) mass is 317 g/mol. The van der Waals surface area contributed by atoms with E-state index in [-0.39, 0.29) is 5.56 Å². The lowest BCUT2D eigenvalue weighted by Crippen LogP contribution is -2.44. The SMILES string of the molecule is NC1(c2noc(CCn3cnc4sccc4c3=O)n2)CCC1. The third-order valence-electron chi connectivity index (χ3n) is 4.18. The average Bonchev–Trinajstić information content (AvgIpc) is 3.13. The Balaban J connectivity index is 1.52. The number of nitrogens with zero attached hydrogens (tertiary/aromatic N) is 4. The third-order valence-corrected chi connectivity index (χ3v) is 5.00. The summed E-state index contributed by atoms with van der Waals surface area (Å²) in [5.74, 6) is 1.08. The van der Waals surface area contributed by atoms with Gasteiger partial charge in [0.05, 0.1) is 17.3 Å². The van der Waals surface area contributed by atoms with Crippen molar-refractivity contribution in [3.05, 3.63) is 39.8 Å². The summed E-state index contributed by atoms with van der Waals surface area (Å²) in [5.41, 5.74) is 5.71. The second kappa shape index (κ2) is 4.99. The van der Waals surface area contributed by atoms with Gasteiger partial charge in [-0.25, -0.2) is 4.98 Å². The van der Waals surface area contributed by atoms with Crippen molar-refractivity contribution >= 4 is 21.6 Å². The van der Waals surface area contributed by atoms with Crippen molar-refractivity contribution < 1.29 is 4.52 Å². The standard InChI is InChI=1S/C14H15N5O2S/c15-14(4-1-5-14)13-17-10(21-18-13)2-6-19-8-16-11-9(12(19)20)3-7-22-11/h3,7-8H,1-2,4-6,15H2. The lowest BCUT2D eigenvalue weighted by Gasteiger charge is -2.34. The number of fused-ring (bicyclic) bond motifs is 1. The molecule has 1 aliphatic carbocycles. The number of aryl methyl sites for hydroxylation is 2. The third kappa shape index (κ3) is 2.15. The van der Waals surface area contributed by atoms with Crippen LogP contribution in [0.4, 0.5) is 0 Å². The number of thiophene rings is 1. The Morgan fingerprint density at radius 3 is 3.09 bits per heavy atom. The van der Waals surface area contributed by atoms with E-state index < -0.39 is 5.54 Å². The number of rotatable bonds is 4. The molecule has 0 amide bonds. The predicted octanol–water partition coefficient (Wildman–Crippen LogP) is 1.42. The van der Waals surface area contributed by atoms with Crippen LogP contribution in [0.2, 0.25) is 0 Å².